The van der Waals surface area contributed by atoms with Crippen molar-refractivity contribution in [3.8, 4) is 0 Å². The Hall–Kier alpha value is -3.16. The number of benzene rings is 1. The van der Waals surface area contributed by atoms with Crippen molar-refractivity contribution < 1.29 is 29.0 Å². The van der Waals surface area contributed by atoms with E-state index >= 15 is 0 Å². The van der Waals surface area contributed by atoms with Crippen molar-refractivity contribution in [3.63, 3.8) is 0 Å². The van der Waals surface area contributed by atoms with Crippen LogP contribution in [0.4, 0.5) is 4.79 Å². The van der Waals surface area contributed by atoms with Gasteiger partial charge in [0.2, 0.25) is 0 Å². The smallest absolute Gasteiger partial charge is 0.329 e. The molecule has 1 N–H and O–H groups in total. The highest BCUT2D eigenvalue weighted by Gasteiger charge is 2.52. The summed E-state index contributed by atoms with van der Waals surface area (Å²) in [7, 11) is 1.21. The predicted molar refractivity (Wildman–Crippen MR) is 110 cm³/mol. The van der Waals surface area contributed by atoms with E-state index in [9.17, 15) is 24.3 Å². The molecule has 4 rings (SSSR count). The summed E-state index contributed by atoms with van der Waals surface area (Å²) in [6, 6.07) is 6.17. The number of rotatable bonds is 8. The zero-order valence-corrected chi connectivity index (χ0v) is 17.3. The first-order valence-electron chi connectivity index (χ1n) is 10.5. The van der Waals surface area contributed by atoms with Gasteiger partial charge in [0.25, 0.3) is 5.91 Å². The van der Waals surface area contributed by atoms with Gasteiger partial charge in [-0.3, -0.25) is 9.59 Å². The van der Waals surface area contributed by atoms with Crippen LogP contribution < -0.4 is 0 Å². The van der Waals surface area contributed by atoms with Gasteiger partial charge in [0.15, 0.2) is 0 Å². The number of aliphatic carboxylic acids is 1. The number of carboxylic acids is 1. The lowest BCUT2D eigenvalue weighted by molar-refractivity contribution is -0.150. The van der Waals surface area contributed by atoms with Gasteiger partial charge in [-0.1, -0.05) is 42.5 Å². The van der Waals surface area contributed by atoms with E-state index in [-0.39, 0.29) is 12.3 Å². The van der Waals surface area contributed by atoms with Crippen LogP contribution in [0.15, 0.2) is 42.5 Å². The van der Waals surface area contributed by atoms with Gasteiger partial charge >= 0.3 is 18.0 Å². The number of hydrogen-bond acceptors (Lipinski definition) is 5. The Kier molecular flexibility index (Phi) is 5.80. The van der Waals surface area contributed by atoms with Gasteiger partial charge in [-0.25, -0.2) is 14.5 Å². The number of carbonyl (C=O) groups excluding carboxylic acids is 3. The lowest BCUT2D eigenvalue weighted by Gasteiger charge is -2.28. The molecular weight excluding hydrogens is 400 g/mol. The summed E-state index contributed by atoms with van der Waals surface area (Å²) in [5.41, 5.74) is 0.768. The van der Waals surface area contributed by atoms with Crippen LogP contribution >= 0.6 is 0 Å². The van der Waals surface area contributed by atoms with Crippen LogP contribution in [-0.4, -0.2) is 64.5 Å². The molecule has 1 heterocycles. The molecule has 1 aromatic rings. The zero-order valence-electron chi connectivity index (χ0n) is 17.3. The molecule has 2 fully saturated rings. The van der Waals surface area contributed by atoms with E-state index in [1.165, 1.54) is 12.0 Å². The van der Waals surface area contributed by atoms with E-state index in [4.69, 9.17) is 4.74 Å². The van der Waals surface area contributed by atoms with Gasteiger partial charge in [0, 0.05) is 13.0 Å². The van der Waals surface area contributed by atoms with E-state index in [1.807, 2.05) is 6.07 Å². The molecule has 5 atom stereocenters. The van der Waals surface area contributed by atoms with Crippen molar-refractivity contribution >= 4 is 23.9 Å². The maximum absolute atomic E-state index is 13.4. The number of esters is 1. The molecule has 8 heteroatoms. The minimum absolute atomic E-state index is 0.107. The standard InChI is InChI=1S/C23H26N2O6/c1-31-22(29)19(11-14-5-3-2-4-6-14)25-21(28)18(12-20(26)27)24(23(25)30)13-17-10-15-7-8-16(17)9-15/h2-8,15-19H,9-13H2,1H3,(H,26,27)/t15?,16?,17?,18-,19-/m0/s1. The molecule has 164 valence electrons. The Bertz CT molecular complexity index is 914. The molecular formula is C23H26N2O6. The number of amides is 3. The first kappa shape index (κ1) is 21.1. The quantitative estimate of drug-likeness (QED) is 0.388. The fourth-order valence-electron chi connectivity index (χ4n) is 5.13. The second-order valence-corrected chi connectivity index (χ2v) is 8.53. The average Bonchev–Trinajstić information content (AvgIpc) is 3.43. The highest BCUT2D eigenvalue weighted by atomic mass is 16.5. The number of ether oxygens (including phenoxy) is 1. The molecule has 2 aliphatic carbocycles. The maximum Gasteiger partial charge on any atom is 0.329 e. The van der Waals surface area contributed by atoms with Gasteiger partial charge in [-0.2, -0.15) is 0 Å². The highest BCUT2D eigenvalue weighted by molar-refractivity contribution is 6.08. The van der Waals surface area contributed by atoms with Gasteiger partial charge in [-0.15, -0.1) is 0 Å². The Morgan fingerprint density at radius 3 is 2.48 bits per heavy atom. The van der Waals surface area contributed by atoms with Crippen LogP contribution in [0.2, 0.25) is 0 Å². The zero-order chi connectivity index (χ0) is 22.1. The van der Waals surface area contributed by atoms with Crippen LogP contribution in [0.1, 0.15) is 24.8 Å². The normalized spacial score (nSPS) is 27.8. The summed E-state index contributed by atoms with van der Waals surface area (Å²) in [4.78, 5) is 52.9. The molecule has 1 saturated heterocycles. The molecule has 3 unspecified atom stereocenters. The van der Waals surface area contributed by atoms with Crippen LogP contribution in [0.3, 0.4) is 0 Å². The topological polar surface area (TPSA) is 104 Å². The number of urea groups is 1. The second kappa shape index (κ2) is 8.53. The SMILES string of the molecule is COC(=O)[C@H](Cc1ccccc1)N1C(=O)[C@H](CC(=O)O)N(CC2CC3C=CC2C3)C1=O. The third kappa shape index (κ3) is 4.06. The molecule has 1 saturated carbocycles. The first-order valence-corrected chi connectivity index (χ1v) is 10.5. The molecule has 2 bridgehead atoms. The molecule has 0 aromatic heterocycles. The van der Waals surface area contributed by atoms with Crippen LogP contribution in [0.25, 0.3) is 0 Å². The molecule has 8 nitrogen and oxygen atoms in total. The summed E-state index contributed by atoms with van der Waals surface area (Å²) in [6.07, 6.45) is 5.91. The number of methoxy groups -OCH3 is 1. The number of imide groups is 1. The number of nitrogens with zero attached hydrogens (tertiary/aromatic N) is 2. The van der Waals surface area contributed by atoms with Crippen molar-refractivity contribution in [2.24, 2.45) is 17.8 Å². The molecule has 1 aromatic carbocycles. The number of carbonyl (C=O) groups is 4. The van der Waals surface area contributed by atoms with E-state index in [2.05, 4.69) is 12.2 Å². The lowest BCUT2D eigenvalue weighted by Crippen LogP contribution is -2.48. The largest absolute Gasteiger partial charge is 0.481 e. The Balaban J connectivity index is 1.61. The maximum atomic E-state index is 13.4. The molecule has 3 aliphatic rings. The number of fused-ring (bicyclic) bond motifs is 2. The van der Waals surface area contributed by atoms with Crippen molar-refractivity contribution in [2.45, 2.75) is 37.8 Å². The van der Waals surface area contributed by atoms with E-state index in [1.54, 1.807) is 24.3 Å². The number of hydrogen-bond donors (Lipinski definition) is 1. The fraction of sp³-hybridized carbons (Fsp3) is 0.478. The van der Waals surface area contributed by atoms with E-state index in [0.29, 0.717) is 18.4 Å². The Morgan fingerprint density at radius 1 is 1.16 bits per heavy atom. The van der Waals surface area contributed by atoms with Crippen molar-refractivity contribution in [1.29, 1.82) is 0 Å². The number of allylic oxidation sites excluding steroid dienone is 2. The third-order valence-electron chi connectivity index (χ3n) is 6.62. The first-order chi connectivity index (χ1) is 14.9. The molecule has 31 heavy (non-hydrogen) atoms. The minimum Gasteiger partial charge on any atom is -0.481 e. The lowest BCUT2D eigenvalue weighted by atomic mass is 9.92. The monoisotopic (exact) mass is 426 g/mol. The summed E-state index contributed by atoms with van der Waals surface area (Å²) in [5, 5.41) is 9.37. The Labute approximate surface area is 180 Å². The summed E-state index contributed by atoms with van der Waals surface area (Å²) < 4.78 is 4.89. The second-order valence-electron chi connectivity index (χ2n) is 8.53. The summed E-state index contributed by atoms with van der Waals surface area (Å²) in [5.74, 6) is -1.51. The predicted octanol–water partition coefficient (Wildman–Crippen LogP) is 2.09. The van der Waals surface area contributed by atoms with Crippen molar-refractivity contribution in [3.05, 3.63) is 48.0 Å². The molecule has 0 spiro atoms. The van der Waals surface area contributed by atoms with Crippen LogP contribution in [0, 0.1) is 17.8 Å². The summed E-state index contributed by atoms with van der Waals surface area (Å²) >= 11 is 0. The third-order valence-corrected chi connectivity index (χ3v) is 6.62. The van der Waals surface area contributed by atoms with E-state index < -0.39 is 42.4 Å². The molecule has 3 amide bonds. The van der Waals surface area contributed by atoms with Gasteiger partial charge < -0.3 is 14.7 Å². The van der Waals surface area contributed by atoms with Crippen LogP contribution in [0.5, 0.6) is 0 Å². The van der Waals surface area contributed by atoms with Crippen molar-refractivity contribution in [2.75, 3.05) is 13.7 Å². The van der Waals surface area contributed by atoms with Crippen LogP contribution in [-0.2, 0) is 25.5 Å². The minimum atomic E-state index is -1.16. The Morgan fingerprint density at radius 2 is 1.90 bits per heavy atom. The average molecular weight is 426 g/mol. The fourth-order valence-corrected chi connectivity index (χ4v) is 5.13. The van der Waals surface area contributed by atoms with Gasteiger partial charge in [-0.05, 0) is 36.2 Å². The van der Waals surface area contributed by atoms with Crippen molar-refractivity contribution in [1.82, 2.24) is 9.80 Å². The van der Waals surface area contributed by atoms with E-state index in [0.717, 1.165) is 23.3 Å². The number of carboxylic acid groups (broad SMARTS) is 1. The van der Waals surface area contributed by atoms with Gasteiger partial charge in [0.1, 0.15) is 12.1 Å². The highest BCUT2D eigenvalue weighted by Crippen LogP contribution is 2.44. The molecule has 1 aliphatic heterocycles. The van der Waals surface area contributed by atoms with Gasteiger partial charge in [0.05, 0.1) is 13.5 Å². The molecule has 0 radical (unpaired) electrons. The summed E-state index contributed by atoms with van der Waals surface area (Å²) in [6.45, 7) is 0.309.